The lowest BCUT2D eigenvalue weighted by atomic mass is 9.78. The summed E-state index contributed by atoms with van der Waals surface area (Å²) in [6, 6.07) is 11.9. The number of fused-ring (bicyclic) bond motifs is 1. The van der Waals surface area contributed by atoms with Gasteiger partial charge in [0.25, 0.3) is 0 Å². The van der Waals surface area contributed by atoms with Gasteiger partial charge in [0.05, 0.1) is 0 Å². The highest BCUT2D eigenvalue weighted by atomic mass is 35.5. The van der Waals surface area contributed by atoms with Crippen molar-refractivity contribution < 1.29 is 29.0 Å². The average Bonchev–Trinajstić information content (AvgIpc) is 3.19. The second-order valence-corrected chi connectivity index (χ2v) is 10.1. The highest BCUT2D eigenvalue weighted by Gasteiger charge is 2.57. The van der Waals surface area contributed by atoms with E-state index in [2.05, 4.69) is 10.6 Å². The molecule has 0 saturated heterocycles. The van der Waals surface area contributed by atoms with Gasteiger partial charge in [0.15, 0.2) is 5.54 Å². The van der Waals surface area contributed by atoms with Gasteiger partial charge in [0, 0.05) is 32.9 Å². The van der Waals surface area contributed by atoms with Crippen molar-refractivity contribution in [2.24, 2.45) is 0 Å². The van der Waals surface area contributed by atoms with Crippen LogP contribution in [-0.2, 0) is 19.1 Å². The first kappa shape index (κ1) is 26.8. The molecule has 1 fully saturated rings. The summed E-state index contributed by atoms with van der Waals surface area (Å²) in [4.78, 5) is 38.1. The van der Waals surface area contributed by atoms with Gasteiger partial charge in [-0.3, -0.25) is 4.79 Å². The van der Waals surface area contributed by atoms with Gasteiger partial charge < -0.3 is 25.2 Å². The van der Waals surface area contributed by atoms with Gasteiger partial charge >= 0.3 is 12.1 Å². The number of hydrogen-bond acceptors (Lipinski definition) is 6. The number of para-hydroxylation sites is 1. The zero-order chi connectivity index (χ0) is 26.6. The summed E-state index contributed by atoms with van der Waals surface area (Å²) >= 11 is 12.7. The van der Waals surface area contributed by atoms with Crippen LogP contribution in [0.1, 0.15) is 50.5 Å². The average molecular weight is 547 g/mol. The molecular weight excluding hydrogens is 519 g/mol. The number of halogens is 2. The van der Waals surface area contributed by atoms with Crippen molar-refractivity contribution in [2.75, 3.05) is 10.6 Å². The van der Waals surface area contributed by atoms with Gasteiger partial charge in [-0.05, 0) is 62.9 Å². The van der Waals surface area contributed by atoms with Crippen molar-refractivity contribution in [3.8, 4) is 0 Å². The van der Waals surface area contributed by atoms with Crippen molar-refractivity contribution in [1.29, 1.82) is 0 Å². The van der Waals surface area contributed by atoms with E-state index < -0.39 is 35.6 Å². The Balaban J connectivity index is 1.63. The zero-order valence-electron chi connectivity index (χ0n) is 20.2. The molecule has 1 aliphatic heterocycles. The lowest BCUT2D eigenvalue weighted by Crippen LogP contribution is -2.57. The molecule has 2 aliphatic rings. The summed E-state index contributed by atoms with van der Waals surface area (Å²) in [5.74, 6) is -2.75. The Kier molecular flexibility index (Phi) is 8.29. The smallest absolute Gasteiger partial charge is 0.479 e. The predicted molar refractivity (Wildman–Crippen MR) is 141 cm³/mol. The fourth-order valence-corrected chi connectivity index (χ4v) is 5.58. The maximum Gasteiger partial charge on any atom is 0.508 e. The molecule has 2 aromatic carbocycles. The van der Waals surface area contributed by atoms with E-state index in [0.29, 0.717) is 22.0 Å². The second kappa shape index (κ2) is 11.4. The molecule has 1 saturated carbocycles. The van der Waals surface area contributed by atoms with Crippen LogP contribution >= 0.6 is 23.2 Å². The normalized spacial score (nSPS) is 22.1. The number of hydrogen-bond donors (Lipinski definition) is 3. The lowest BCUT2D eigenvalue weighted by molar-refractivity contribution is -0.147. The molecule has 0 aromatic heterocycles. The van der Waals surface area contributed by atoms with Gasteiger partial charge in [-0.25, -0.2) is 9.59 Å². The quantitative estimate of drug-likeness (QED) is 0.272. The highest BCUT2D eigenvalue weighted by Crippen LogP contribution is 2.50. The molecule has 1 heterocycles. The molecular formula is C27H28Cl2N2O6. The third kappa shape index (κ3) is 5.86. The number of benzene rings is 2. The minimum atomic E-state index is -1.88. The van der Waals surface area contributed by atoms with E-state index in [1.54, 1.807) is 30.3 Å². The first-order valence-electron chi connectivity index (χ1n) is 12.1. The van der Waals surface area contributed by atoms with Crippen LogP contribution in [0.2, 0.25) is 10.0 Å². The molecule has 10 heteroatoms. The Morgan fingerprint density at radius 3 is 2.51 bits per heavy atom. The molecule has 3 atom stereocenters. The molecule has 0 radical (unpaired) electrons. The molecule has 196 valence electrons. The Bertz CT molecular complexity index is 1200. The van der Waals surface area contributed by atoms with Crippen LogP contribution in [-0.4, -0.2) is 40.9 Å². The van der Waals surface area contributed by atoms with Crippen LogP contribution < -0.4 is 10.6 Å². The molecule has 1 aliphatic carbocycles. The molecule has 2 aromatic rings. The third-order valence-electron chi connectivity index (χ3n) is 6.80. The molecule has 3 N–H and O–H groups in total. The van der Waals surface area contributed by atoms with E-state index in [9.17, 15) is 19.5 Å². The van der Waals surface area contributed by atoms with Crippen LogP contribution in [0.15, 0.2) is 54.6 Å². The van der Waals surface area contributed by atoms with E-state index in [4.69, 9.17) is 32.7 Å². The number of rotatable bonds is 7. The summed E-state index contributed by atoms with van der Waals surface area (Å²) in [6.45, 7) is 1.47. The van der Waals surface area contributed by atoms with E-state index in [1.807, 2.05) is 6.07 Å². The topological polar surface area (TPSA) is 114 Å². The maximum atomic E-state index is 12.8. The lowest BCUT2D eigenvalue weighted by Gasteiger charge is -2.35. The number of carbonyl (C=O) groups excluding carboxylic acids is 2. The van der Waals surface area contributed by atoms with Crippen LogP contribution in [0.25, 0.3) is 0 Å². The first-order chi connectivity index (χ1) is 17.7. The standard InChI is InChI=1S/C27H28Cl2N2O6/c1-16(36-26(35)37-19-10-6-3-7-11-19)27(25(33)34)20(24-21(29)14-17(28)15-22(24)31-27)12-13-23(32)30-18-8-4-2-5-9-18/h2,4-5,8-9,12-16,19-20,31H,3,6-7,10-11H2,1H3,(H,30,32)(H,33,34)/b13-12+. The molecule has 4 rings (SSSR count). The highest BCUT2D eigenvalue weighted by molar-refractivity contribution is 6.36. The third-order valence-corrected chi connectivity index (χ3v) is 7.33. The van der Waals surface area contributed by atoms with E-state index >= 15 is 0 Å². The van der Waals surface area contributed by atoms with Crippen LogP contribution in [0, 0.1) is 0 Å². The van der Waals surface area contributed by atoms with E-state index in [0.717, 1.165) is 32.1 Å². The van der Waals surface area contributed by atoms with Crippen LogP contribution in [0.4, 0.5) is 16.2 Å². The van der Waals surface area contributed by atoms with E-state index in [1.165, 1.54) is 25.1 Å². The van der Waals surface area contributed by atoms with Crippen molar-refractivity contribution >= 4 is 52.6 Å². The Morgan fingerprint density at radius 2 is 1.84 bits per heavy atom. The number of aliphatic carboxylic acids is 1. The Labute approximate surface area is 224 Å². The van der Waals surface area contributed by atoms with Gasteiger partial charge in [0.1, 0.15) is 12.2 Å². The van der Waals surface area contributed by atoms with Crippen molar-refractivity contribution in [3.63, 3.8) is 0 Å². The number of carboxylic acid groups (broad SMARTS) is 1. The summed E-state index contributed by atoms with van der Waals surface area (Å²) < 4.78 is 11.0. The number of nitrogens with one attached hydrogen (secondary N) is 2. The summed E-state index contributed by atoms with van der Waals surface area (Å²) in [5, 5.41) is 16.7. The Morgan fingerprint density at radius 1 is 1.14 bits per heavy atom. The monoisotopic (exact) mass is 546 g/mol. The molecule has 0 spiro atoms. The van der Waals surface area contributed by atoms with Crippen molar-refractivity contribution in [1.82, 2.24) is 0 Å². The number of carbonyl (C=O) groups is 3. The number of ether oxygens (including phenoxy) is 2. The van der Waals surface area contributed by atoms with Crippen LogP contribution in [0.5, 0.6) is 0 Å². The molecule has 0 bridgehead atoms. The second-order valence-electron chi connectivity index (χ2n) is 9.23. The molecule has 37 heavy (non-hydrogen) atoms. The first-order valence-corrected chi connectivity index (χ1v) is 12.9. The van der Waals surface area contributed by atoms with Gasteiger partial charge in [-0.1, -0.05) is 53.9 Å². The minimum absolute atomic E-state index is 0.216. The zero-order valence-corrected chi connectivity index (χ0v) is 21.7. The van der Waals surface area contributed by atoms with Crippen molar-refractivity contribution in [3.05, 3.63) is 70.2 Å². The number of amides is 1. The predicted octanol–water partition coefficient (Wildman–Crippen LogP) is 6.40. The van der Waals surface area contributed by atoms with Crippen LogP contribution in [0.3, 0.4) is 0 Å². The fourth-order valence-electron chi connectivity index (χ4n) is 4.97. The summed E-state index contributed by atoms with van der Waals surface area (Å²) in [5.41, 5.74) is -0.507. The van der Waals surface area contributed by atoms with E-state index in [-0.39, 0.29) is 11.1 Å². The van der Waals surface area contributed by atoms with Gasteiger partial charge in [-0.15, -0.1) is 0 Å². The Hall–Kier alpha value is -3.23. The minimum Gasteiger partial charge on any atom is -0.479 e. The molecule has 3 unspecified atom stereocenters. The largest absolute Gasteiger partial charge is 0.508 e. The van der Waals surface area contributed by atoms with Gasteiger partial charge in [-0.2, -0.15) is 0 Å². The van der Waals surface area contributed by atoms with Gasteiger partial charge in [0.2, 0.25) is 5.91 Å². The molecule has 1 amide bonds. The fraction of sp³-hybridized carbons (Fsp3) is 0.370. The maximum absolute atomic E-state index is 12.8. The number of carboxylic acids is 1. The number of anilines is 2. The molecule has 8 nitrogen and oxygen atoms in total. The summed E-state index contributed by atoms with van der Waals surface area (Å²) in [6.07, 6.45) is 4.77. The summed E-state index contributed by atoms with van der Waals surface area (Å²) in [7, 11) is 0. The SMILES string of the molecule is CC(OC(=O)OC1CCCCC1)C1(C(=O)O)Nc2cc(Cl)cc(Cl)c2C1/C=C/C(=O)Nc1ccccc1. The van der Waals surface area contributed by atoms with Crippen molar-refractivity contribution in [2.45, 2.75) is 62.7 Å².